The number of guanidine groups is 1. The van der Waals surface area contributed by atoms with E-state index in [1.807, 2.05) is 68.5 Å². The van der Waals surface area contributed by atoms with Crippen LogP contribution in [0, 0.1) is 62.6 Å². The molecule has 0 amide bonds. The van der Waals surface area contributed by atoms with Gasteiger partial charge in [-0.3, -0.25) is 9.59 Å². The van der Waals surface area contributed by atoms with Gasteiger partial charge in [0.15, 0.2) is 11.7 Å². The van der Waals surface area contributed by atoms with E-state index in [9.17, 15) is 30.0 Å². The number of aliphatic hydroxyl groups excluding tert-OH is 1. The zero-order valence-electron chi connectivity index (χ0n) is 35.4. The van der Waals surface area contributed by atoms with Crippen molar-refractivity contribution in [3.05, 3.63) is 89.1 Å². The van der Waals surface area contributed by atoms with Crippen LogP contribution in [0.25, 0.3) is 6.08 Å². The number of benzene rings is 1. The normalized spacial score (nSPS) is 43.1. The van der Waals surface area contributed by atoms with Crippen molar-refractivity contribution in [2.75, 3.05) is 13.6 Å². The van der Waals surface area contributed by atoms with Gasteiger partial charge < -0.3 is 37.2 Å². The van der Waals surface area contributed by atoms with Crippen molar-refractivity contribution in [3.63, 3.8) is 0 Å². The zero-order chi connectivity index (χ0) is 43.3. The second kappa shape index (κ2) is 14.2. The Hall–Kier alpha value is -4.60. The molecule has 0 aliphatic heterocycles. The molecule has 2 spiro atoms. The van der Waals surface area contributed by atoms with Gasteiger partial charge in [0.1, 0.15) is 11.4 Å². The quantitative estimate of drug-likeness (QED) is 0.0604. The molecule has 2 fully saturated rings. The van der Waals surface area contributed by atoms with Crippen LogP contribution < -0.4 is 16.8 Å². The third-order valence-electron chi connectivity index (χ3n) is 16.9. The number of allylic oxidation sites excluding steroid dienone is 2. The number of Topliss-reactive ketones (excluding diaryl/α,β-unsaturated/α-hetero) is 2. The van der Waals surface area contributed by atoms with Crippen LogP contribution in [0.15, 0.2) is 88.5 Å². The summed E-state index contributed by atoms with van der Waals surface area (Å²) in [6, 6.07) is 9.07. The summed E-state index contributed by atoms with van der Waals surface area (Å²) in [7, 11) is 1.72. The van der Waals surface area contributed by atoms with E-state index in [2.05, 4.69) is 36.0 Å². The SMILES string of the molecule is CNCC/C(=C\[C@@H](O)[C@@H]1[C@@H](C)[C@@]2(C=C[C@H]1N=C(N)N)C[C@@]1(O)C=C[C@]3(O)C4=C5C(=O)C[C@@]2(C)[C@]41CCC#CC[C@]1(C)C(=O)CC[C@@]5(C)[C@@H]1[C@@H]3/C=C/c1ccccc1)C(=O)O. The number of hydrogen-bond donors (Lipinski definition) is 7. The second-order valence-electron chi connectivity index (χ2n) is 19.6. The van der Waals surface area contributed by atoms with Gasteiger partial charge in [0.25, 0.3) is 0 Å². The number of rotatable bonds is 9. The predicted octanol–water partition coefficient (Wildman–Crippen LogP) is 4.64. The number of ketones is 2. The van der Waals surface area contributed by atoms with Crippen LogP contribution in [0.2, 0.25) is 0 Å². The molecule has 9 N–H and O–H groups in total. The number of aliphatic imine (C=N–C) groups is 1. The summed E-state index contributed by atoms with van der Waals surface area (Å²) in [4.78, 5) is 46.9. The van der Waals surface area contributed by atoms with Gasteiger partial charge in [-0.15, -0.1) is 11.8 Å². The minimum Gasteiger partial charge on any atom is -0.478 e. The maximum absolute atomic E-state index is 15.6. The number of fused-ring (bicyclic) bond motifs is 2. The van der Waals surface area contributed by atoms with E-state index in [1.54, 1.807) is 19.2 Å². The average Bonchev–Trinajstić information content (AvgIpc) is 3.34. The maximum Gasteiger partial charge on any atom is 0.331 e. The molecule has 7 aliphatic rings. The molecule has 11 nitrogen and oxygen atoms in total. The van der Waals surface area contributed by atoms with Crippen molar-refractivity contribution in [1.82, 2.24) is 5.32 Å². The fourth-order valence-corrected chi connectivity index (χ4v) is 14.4. The summed E-state index contributed by atoms with van der Waals surface area (Å²) in [5, 5.41) is 53.0. The van der Waals surface area contributed by atoms with E-state index in [4.69, 9.17) is 11.5 Å². The van der Waals surface area contributed by atoms with Crippen molar-refractivity contribution in [3.8, 4) is 11.8 Å². The standard InChI is InChI=1S/C49H60N4O7/c1-29-37(34(54)26-31(41(57)58)18-25-52-5)33(53-42(50)51)16-22-46(29)28-47(59)23-24-48(60)32(15-14-30-12-8-6-9-13-30)39-43(2)19-10-7-11-20-49(47)40(48)38(35(55)27-45(46,49)4)44(39,3)21-17-36(43)56/h6,8-9,12-16,22-24,26,29,32-34,37,39,52,54,59-60H,11,17-21,25,27-28H2,1-5H3,(H,57,58)(H4,50,51,53)/b15-14+,31-26+/t29-,32+,33-,34-,37-,39-,43-,44-,45-,46-,47+,48-,49+/m1/s1. The minimum atomic E-state index is -1.77. The lowest BCUT2D eigenvalue weighted by Crippen LogP contribution is -2.71. The molecule has 13 atom stereocenters. The number of hydrogen-bond acceptors (Lipinski definition) is 8. The highest BCUT2D eigenvalue weighted by Gasteiger charge is 2.83. The molecule has 0 saturated heterocycles. The van der Waals surface area contributed by atoms with Crippen LogP contribution >= 0.6 is 0 Å². The maximum atomic E-state index is 15.6. The fourth-order valence-electron chi connectivity index (χ4n) is 14.4. The number of nitrogens with two attached hydrogens (primary N) is 2. The van der Waals surface area contributed by atoms with E-state index in [1.165, 1.54) is 6.08 Å². The lowest BCUT2D eigenvalue weighted by atomic mass is 9.34. The summed E-state index contributed by atoms with van der Waals surface area (Å²) in [6.07, 6.45) is 13.4. The van der Waals surface area contributed by atoms with Crippen LogP contribution in [0.5, 0.6) is 0 Å². The highest BCUT2D eigenvalue weighted by molar-refractivity contribution is 6.02. The van der Waals surface area contributed by atoms with E-state index in [-0.39, 0.29) is 55.2 Å². The Morgan fingerprint density at radius 3 is 2.47 bits per heavy atom. The van der Waals surface area contributed by atoms with Crippen molar-refractivity contribution < 1.29 is 34.8 Å². The Balaban J connectivity index is 1.40. The lowest BCUT2D eigenvalue weighted by molar-refractivity contribution is -0.169. The van der Waals surface area contributed by atoms with Crippen LogP contribution in [-0.4, -0.2) is 80.9 Å². The lowest BCUT2D eigenvalue weighted by Gasteiger charge is -2.69. The number of nitrogens with one attached hydrogen (secondary N) is 1. The first kappa shape index (κ1) is 42.1. The van der Waals surface area contributed by atoms with Gasteiger partial charge in [0.05, 0.1) is 17.7 Å². The number of nitrogens with zero attached hydrogens (tertiary/aromatic N) is 1. The molecule has 0 heterocycles. The highest BCUT2D eigenvalue weighted by Crippen LogP contribution is 2.83. The Morgan fingerprint density at radius 2 is 1.78 bits per heavy atom. The molecule has 4 bridgehead atoms. The summed E-state index contributed by atoms with van der Waals surface area (Å²) in [6.45, 7) is 8.50. The summed E-state index contributed by atoms with van der Waals surface area (Å²) in [5.74, 6) is 2.96. The summed E-state index contributed by atoms with van der Waals surface area (Å²) >= 11 is 0. The van der Waals surface area contributed by atoms with Gasteiger partial charge in [0.2, 0.25) is 0 Å². The zero-order valence-corrected chi connectivity index (χ0v) is 35.4. The second-order valence-corrected chi connectivity index (χ2v) is 19.6. The molecular weight excluding hydrogens is 757 g/mol. The third kappa shape index (κ3) is 5.49. The van der Waals surface area contributed by atoms with Gasteiger partial charge in [-0.1, -0.05) is 88.4 Å². The predicted molar refractivity (Wildman–Crippen MR) is 229 cm³/mol. The number of carbonyl (C=O) groups excluding carboxylic acids is 2. The average molecular weight is 817 g/mol. The van der Waals surface area contributed by atoms with Crippen LogP contribution in [0.3, 0.4) is 0 Å². The smallest absolute Gasteiger partial charge is 0.331 e. The molecule has 60 heavy (non-hydrogen) atoms. The van der Waals surface area contributed by atoms with Crippen LogP contribution in [0.1, 0.15) is 84.6 Å². The molecule has 0 radical (unpaired) electrons. The topological polar surface area (TPSA) is 209 Å². The molecule has 8 rings (SSSR count). The Kier molecular flexibility index (Phi) is 9.99. The highest BCUT2D eigenvalue weighted by atomic mass is 16.4. The van der Waals surface area contributed by atoms with Crippen LogP contribution in [0.4, 0.5) is 0 Å². The van der Waals surface area contributed by atoms with E-state index < -0.39 is 80.1 Å². The molecule has 2 saturated carbocycles. The molecule has 0 aromatic heterocycles. The summed E-state index contributed by atoms with van der Waals surface area (Å²) in [5.41, 5.74) is 5.51. The first-order valence-electron chi connectivity index (χ1n) is 21.5. The van der Waals surface area contributed by atoms with E-state index in [0.717, 1.165) is 5.56 Å². The minimum absolute atomic E-state index is 0.0336. The molecule has 11 heteroatoms. The number of aliphatic hydroxyl groups is 3. The Morgan fingerprint density at radius 1 is 1.05 bits per heavy atom. The van der Waals surface area contributed by atoms with Crippen molar-refractivity contribution >= 4 is 29.6 Å². The molecular formula is C49H60N4O7. The van der Waals surface area contributed by atoms with E-state index in [0.29, 0.717) is 37.0 Å². The Labute approximate surface area is 352 Å². The molecule has 318 valence electrons. The number of carboxylic acids is 1. The third-order valence-corrected chi connectivity index (χ3v) is 16.9. The van der Waals surface area contributed by atoms with Gasteiger partial charge in [-0.25, -0.2) is 9.79 Å². The fraction of sp³-hybridized carbons (Fsp3) is 0.551. The Bertz CT molecular complexity index is 2260. The van der Waals surface area contributed by atoms with Crippen molar-refractivity contribution in [2.45, 2.75) is 102 Å². The molecule has 7 aliphatic carbocycles. The molecule has 0 unspecified atom stereocenters. The first-order valence-corrected chi connectivity index (χ1v) is 21.5. The van der Waals surface area contributed by atoms with Crippen molar-refractivity contribution in [1.29, 1.82) is 0 Å². The van der Waals surface area contributed by atoms with Gasteiger partial charge in [-0.05, 0) is 79.8 Å². The van der Waals surface area contributed by atoms with Crippen molar-refractivity contribution in [2.24, 2.45) is 67.2 Å². The number of carbonyl (C=O) groups is 3. The number of aliphatic carboxylic acids is 1. The first-order chi connectivity index (χ1) is 28.3. The number of carboxylic acid groups (broad SMARTS) is 1. The largest absolute Gasteiger partial charge is 0.478 e. The van der Waals surface area contributed by atoms with Gasteiger partial charge in [-0.2, -0.15) is 0 Å². The summed E-state index contributed by atoms with van der Waals surface area (Å²) < 4.78 is 0. The van der Waals surface area contributed by atoms with Crippen LogP contribution in [-0.2, 0) is 14.4 Å². The molecule has 1 aromatic rings. The van der Waals surface area contributed by atoms with Gasteiger partial charge >= 0.3 is 5.97 Å². The molecule has 1 aromatic carbocycles. The van der Waals surface area contributed by atoms with Gasteiger partial charge in [0, 0.05) is 70.3 Å². The van der Waals surface area contributed by atoms with E-state index >= 15 is 4.79 Å². The monoisotopic (exact) mass is 816 g/mol.